The second kappa shape index (κ2) is 43.8. The van der Waals surface area contributed by atoms with Crippen molar-refractivity contribution in [2.45, 2.75) is 187 Å². The molecule has 5 nitrogen and oxygen atoms in total. The third-order valence-electron chi connectivity index (χ3n) is 8.08. The van der Waals surface area contributed by atoms with Crippen molar-refractivity contribution >= 4 is 0 Å². The molecule has 0 saturated heterocycles. The average molecular weight is 651 g/mol. The van der Waals surface area contributed by atoms with E-state index in [0.29, 0.717) is 6.61 Å². The quantitative estimate of drug-likeness (QED) is 0.0411. The van der Waals surface area contributed by atoms with Crippen LogP contribution in [0.15, 0.2) is 48.6 Å². The Labute approximate surface area is 286 Å². The first-order chi connectivity index (χ1) is 22.7. The van der Waals surface area contributed by atoms with Gasteiger partial charge in [0.2, 0.25) is 0 Å². The summed E-state index contributed by atoms with van der Waals surface area (Å²) in [4.78, 5) is 0. The minimum absolute atomic E-state index is 0.125. The Morgan fingerprint density at radius 1 is 0.457 bits per heavy atom. The van der Waals surface area contributed by atoms with Crippen LogP contribution in [0.3, 0.4) is 0 Å². The number of ether oxygens (including phenoxy) is 1. The van der Waals surface area contributed by atoms with E-state index in [4.69, 9.17) is 14.9 Å². The zero-order valence-electron chi connectivity index (χ0n) is 30.5. The molecule has 0 spiro atoms. The van der Waals surface area contributed by atoms with Crippen LogP contribution < -0.4 is 0 Å². The van der Waals surface area contributed by atoms with Crippen LogP contribution in [0.4, 0.5) is 0 Å². The number of unbranched alkanes of at least 4 members (excludes halogenated alkanes) is 18. The van der Waals surface area contributed by atoms with Crippen LogP contribution in [0.5, 0.6) is 0 Å². The molecule has 0 aliphatic carbocycles. The molecule has 0 aliphatic rings. The first-order valence-electron chi connectivity index (χ1n) is 19.4. The normalized spacial score (nSPS) is 13.3. The Balaban J connectivity index is 0. The van der Waals surface area contributed by atoms with E-state index >= 15 is 0 Å². The summed E-state index contributed by atoms with van der Waals surface area (Å²) in [7, 11) is 0. The van der Waals surface area contributed by atoms with Crippen LogP contribution in [0.25, 0.3) is 0 Å². The number of aliphatic hydroxyl groups is 4. The van der Waals surface area contributed by atoms with Gasteiger partial charge >= 0.3 is 0 Å². The third kappa shape index (κ3) is 40.8. The summed E-state index contributed by atoms with van der Waals surface area (Å²) in [6.45, 7) is 4.74. The second-order valence-corrected chi connectivity index (χ2v) is 12.6. The van der Waals surface area contributed by atoms with Crippen molar-refractivity contribution in [1.29, 1.82) is 0 Å². The summed E-state index contributed by atoms with van der Waals surface area (Å²) >= 11 is 0. The average Bonchev–Trinajstić information content (AvgIpc) is 3.08. The van der Waals surface area contributed by atoms with Crippen molar-refractivity contribution in [2.75, 3.05) is 26.4 Å². The van der Waals surface area contributed by atoms with E-state index < -0.39 is 6.10 Å². The minimum Gasteiger partial charge on any atom is -0.394 e. The lowest BCUT2D eigenvalue weighted by molar-refractivity contribution is -0.0629. The van der Waals surface area contributed by atoms with E-state index in [0.717, 1.165) is 32.1 Å². The number of aliphatic hydroxyl groups excluding tert-OH is 4. The van der Waals surface area contributed by atoms with Crippen molar-refractivity contribution in [3.05, 3.63) is 48.6 Å². The highest BCUT2D eigenvalue weighted by atomic mass is 16.5. The molecule has 0 aliphatic heterocycles. The summed E-state index contributed by atoms with van der Waals surface area (Å²) in [5, 5.41) is 34.9. The lowest BCUT2D eigenvalue weighted by Crippen LogP contribution is -2.32. The Morgan fingerprint density at radius 3 is 1.22 bits per heavy atom. The van der Waals surface area contributed by atoms with Crippen LogP contribution in [0.1, 0.15) is 174 Å². The van der Waals surface area contributed by atoms with Gasteiger partial charge in [0.25, 0.3) is 0 Å². The molecule has 0 saturated carbocycles. The maximum atomic E-state index is 10.2. The molecule has 0 fully saturated rings. The summed E-state index contributed by atoms with van der Waals surface area (Å²) in [5.41, 5.74) is 0. The highest BCUT2D eigenvalue weighted by molar-refractivity contribution is 4.93. The molecule has 4 N–H and O–H groups in total. The Hall–Kier alpha value is -1.24. The Morgan fingerprint density at radius 2 is 0.826 bits per heavy atom. The minimum atomic E-state index is -0.757. The molecular formula is C41H78O5. The van der Waals surface area contributed by atoms with Crippen molar-refractivity contribution < 1.29 is 25.2 Å². The van der Waals surface area contributed by atoms with E-state index in [1.807, 2.05) is 0 Å². The molecule has 0 aromatic rings. The van der Waals surface area contributed by atoms with Gasteiger partial charge < -0.3 is 25.2 Å². The zero-order chi connectivity index (χ0) is 34.0. The molecule has 0 aromatic carbocycles. The summed E-state index contributed by atoms with van der Waals surface area (Å²) < 4.78 is 6.00. The molecule has 0 rings (SSSR count). The monoisotopic (exact) mass is 651 g/mol. The largest absolute Gasteiger partial charge is 0.394 e. The molecule has 0 aromatic heterocycles. The van der Waals surface area contributed by atoms with Gasteiger partial charge in [-0.1, -0.05) is 146 Å². The van der Waals surface area contributed by atoms with Crippen molar-refractivity contribution in [3.8, 4) is 0 Å². The Kier molecular flexibility index (Phi) is 44.6. The second-order valence-electron chi connectivity index (χ2n) is 12.6. The van der Waals surface area contributed by atoms with E-state index in [1.54, 1.807) is 0 Å². The topological polar surface area (TPSA) is 90.2 Å². The van der Waals surface area contributed by atoms with E-state index in [1.165, 1.54) is 128 Å². The van der Waals surface area contributed by atoms with Crippen LogP contribution in [-0.2, 0) is 4.74 Å². The molecule has 2 atom stereocenters. The fraction of sp³-hybridized carbons (Fsp3) is 0.805. The van der Waals surface area contributed by atoms with Crippen LogP contribution >= 0.6 is 0 Å². The van der Waals surface area contributed by atoms with Gasteiger partial charge in [0.15, 0.2) is 0 Å². The van der Waals surface area contributed by atoms with E-state index in [2.05, 4.69) is 62.5 Å². The third-order valence-corrected chi connectivity index (χ3v) is 8.08. The van der Waals surface area contributed by atoms with Gasteiger partial charge in [-0.3, -0.25) is 0 Å². The van der Waals surface area contributed by atoms with Crippen LogP contribution in [-0.4, -0.2) is 59.1 Å². The molecule has 0 heterocycles. The molecule has 0 bridgehead atoms. The molecule has 2 unspecified atom stereocenters. The number of rotatable bonds is 34. The molecular weight excluding hydrogens is 572 g/mol. The highest BCUT2D eigenvalue weighted by Gasteiger charge is 2.18. The molecule has 5 heteroatoms. The molecule has 0 amide bonds. The standard InChI is InChI=1S/C39H72O3.C2H6O2/c1-3-5-7-9-11-13-15-17-19-21-23-25-27-29-31-33-35-39(38(41)37-40)42-36-34-32-30-28-26-24-22-20-18-16-14-12-10-8-6-4-2;3-1-2-4/h11-14,17-20,38-41H,3-10,15-16,21-37H2,1-2H3;3-4H,1-2H2/b13-11-,14-12-,19-17-,20-18-;. The van der Waals surface area contributed by atoms with E-state index in [-0.39, 0.29) is 25.9 Å². The van der Waals surface area contributed by atoms with Gasteiger partial charge in [0, 0.05) is 6.61 Å². The Bertz CT molecular complexity index is 655. The summed E-state index contributed by atoms with van der Waals surface area (Å²) in [6, 6.07) is 0. The van der Waals surface area contributed by atoms with Gasteiger partial charge in [0.05, 0.1) is 25.9 Å². The van der Waals surface area contributed by atoms with Crippen molar-refractivity contribution in [2.24, 2.45) is 0 Å². The predicted molar refractivity (Wildman–Crippen MR) is 200 cm³/mol. The first kappa shape index (κ1) is 46.9. The van der Waals surface area contributed by atoms with Crippen molar-refractivity contribution in [1.82, 2.24) is 0 Å². The van der Waals surface area contributed by atoms with Gasteiger partial charge in [-0.15, -0.1) is 0 Å². The van der Waals surface area contributed by atoms with Gasteiger partial charge in [0.1, 0.15) is 6.10 Å². The molecule has 0 radical (unpaired) electrons. The van der Waals surface area contributed by atoms with Crippen LogP contribution in [0.2, 0.25) is 0 Å². The van der Waals surface area contributed by atoms with Crippen molar-refractivity contribution in [3.63, 3.8) is 0 Å². The molecule has 272 valence electrons. The maximum absolute atomic E-state index is 10.2. The van der Waals surface area contributed by atoms with Gasteiger partial charge in [-0.2, -0.15) is 0 Å². The van der Waals surface area contributed by atoms with Gasteiger partial charge in [-0.05, 0) is 77.0 Å². The number of hydrogen-bond donors (Lipinski definition) is 4. The SMILES string of the molecule is CCCCC/C=C\C/C=C\CCCCCCCCOC(CCCCCCCC/C=C\C/C=C\CCCCC)C(O)CO.OCCO. The van der Waals surface area contributed by atoms with Crippen LogP contribution in [0, 0.1) is 0 Å². The highest BCUT2D eigenvalue weighted by Crippen LogP contribution is 2.15. The maximum Gasteiger partial charge on any atom is 0.103 e. The number of hydrogen-bond acceptors (Lipinski definition) is 5. The summed E-state index contributed by atoms with van der Waals surface area (Å²) in [6.07, 6.45) is 48.1. The smallest absolute Gasteiger partial charge is 0.103 e. The zero-order valence-corrected chi connectivity index (χ0v) is 30.5. The lowest BCUT2D eigenvalue weighted by Gasteiger charge is -2.22. The number of allylic oxidation sites excluding steroid dienone is 8. The first-order valence-corrected chi connectivity index (χ1v) is 19.4. The lowest BCUT2D eigenvalue weighted by atomic mass is 10.0. The predicted octanol–water partition coefficient (Wildman–Crippen LogP) is 10.7. The summed E-state index contributed by atoms with van der Waals surface area (Å²) in [5.74, 6) is 0. The fourth-order valence-electron chi connectivity index (χ4n) is 5.16. The van der Waals surface area contributed by atoms with Gasteiger partial charge in [-0.25, -0.2) is 0 Å². The fourth-order valence-corrected chi connectivity index (χ4v) is 5.16. The van der Waals surface area contributed by atoms with E-state index in [9.17, 15) is 10.2 Å². The molecule has 46 heavy (non-hydrogen) atoms.